The molecule has 8 heteroatoms. The lowest BCUT2D eigenvalue weighted by molar-refractivity contribution is -0.120. The number of carbonyl (C=O) groups excluding carboxylic acids is 2. The highest BCUT2D eigenvalue weighted by Gasteiger charge is 2.40. The van der Waals surface area contributed by atoms with Crippen molar-refractivity contribution in [3.8, 4) is 11.5 Å². The summed E-state index contributed by atoms with van der Waals surface area (Å²) in [7, 11) is 2.95. The number of hydrogen-bond donors (Lipinski definition) is 1. The summed E-state index contributed by atoms with van der Waals surface area (Å²) in [6.07, 6.45) is 0. The molecule has 3 rings (SSSR count). The van der Waals surface area contributed by atoms with Crippen LogP contribution >= 0.6 is 11.6 Å². The van der Waals surface area contributed by atoms with E-state index in [1.54, 1.807) is 18.2 Å². The third-order valence-electron chi connectivity index (χ3n) is 3.79. The van der Waals surface area contributed by atoms with Crippen molar-refractivity contribution in [1.29, 1.82) is 0 Å². The van der Waals surface area contributed by atoms with Crippen LogP contribution in [-0.2, 0) is 9.59 Å². The molecule has 0 fully saturated rings. The summed E-state index contributed by atoms with van der Waals surface area (Å²) in [4.78, 5) is 25.7. The van der Waals surface area contributed by atoms with Crippen LogP contribution in [0.1, 0.15) is 0 Å². The summed E-state index contributed by atoms with van der Waals surface area (Å²) >= 11 is 6.04. The van der Waals surface area contributed by atoms with E-state index in [4.69, 9.17) is 21.1 Å². The highest BCUT2D eigenvalue weighted by molar-refractivity contribution is 6.53. The Morgan fingerprint density at radius 1 is 1.04 bits per heavy atom. The molecule has 1 heterocycles. The molecular weight excluding hydrogens is 363 g/mol. The predicted octanol–water partition coefficient (Wildman–Crippen LogP) is 3.28. The highest BCUT2D eigenvalue weighted by atomic mass is 35.5. The fourth-order valence-electron chi connectivity index (χ4n) is 2.50. The Labute approximate surface area is 153 Å². The Hall–Kier alpha value is -3.06. The van der Waals surface area contributed by atoms with E-state index in [1.165, 1.54) is 32.4 Å². The fraction of sp³-hybridized carbons (Fsp3) is 0.111. The third-order valence-corrected chi connectivity index (χ3v) is 4.14. The third kappa shape index (κ3) is 2.97. The van der Waals surface area contributed by atoms with E-state index in [-0.39, 0.29) is 16.4 Å². The zero-order valence-electron chi connectivity index (χ0n) is 13.9. The van der Waals surface area contributed by atoms with Gasteiger partial charge in [-0.05, 0) is 24.3 Å². The summed E-state index contributed by atoms with van der Waals surface area (Å²) in [6.45, 7) is 0. The Kier molecular flexibility index (Phi) is 4.81. The van der Waals surface area contributed by atoms with Crippen molar-refractivity contribution in [1.82, 2.24) is 0 Å². The Morgan fingerprint density at radius 2 is 1.77 bits per heavy atom. The molecule has 1 N–H and O–H groups in total. The Balaban J connectivity index is 1.95. The standard InChI is InChI=1S/C18H14ClFN2O4/c1-25-10-7-8-12(14(9-10)26-2)21-16-15(19)17(23)22(18(16)24)13-6-4-3-5-11(13)20/h3-9,21H,1-2H3. The number of methoxy groups -OCH3 is 2. The van der Waals surface area contributed by atoms with Crippen molar-refractivity contribution in [2.24, 2.45) is 0 Å². The molecule has 0 radical (unpaired) electrons. The first-order chi connectivity index (χ1) is 12.5. The highest BCUT2D eigenvalue weighted by Crippen LogP contribution is 2.35. The predicted molar refractivity (Wildman–Crippen MR) is 94.9 cm³/mol. The van der Waals surface area contributed by atoms with Crippen molar-refractivity contribution in [2.45, 2.75) is 0 Å². The number of rotatable bonds is 5. The Morgan fingerprint density at radius 3 is 2.42 bits per heavy atom. The second-order valence-corrected chi connectivity index (χ2v) is 5.66. The van der Waals surface area contributed by atoms with Crippen LogP contribution in [0.2, 0.25) is 0 Å². The van der Waals surface area contributed by atoms with Gasteiger partial charge in [-0.25, -0.2) is 9.29 Å². The number of anilines is 2. The van der Waals surface area contributed by atoms with Crippen LogP contribution in [0.3, 0.4) is 0 Å². The smallest absolute Gasteiger partial charge is 0.283 e. The fourth-order valence-corrected chi connectivity index (χ4v) is 2.71. The first-order valence-electron chi connectivity index (χ1n) is 7.50. The van der Waals surface area contributed by atoms with Crippen molar-refractivity contribution in [3.63, 3.8) is 0 Å². The SMILES string of the molecule is COc1ccc(NC2=C(Cl)C(=O)N(c3ccccc3F)C2=O)c(OC)c1. The van der Waals surface area contributed by atoms with Crippen LogP contribution < -0.4 is 19.7 Å². The van der Waals surface area contributed by atoms with Crippen LogP contribution in [0.25, 0.3) is 0 Å². The van der Waals surface area contributed by atoms with Gasteiger partial charge in [0.2, 0.25) is 0 Å². The van der Waals surface area contributed by atoms with Crippen LogP contribution in [0.15, 0.2) is 53.2 Å². The van der Waals surface area contributed by atoms with E-state index >= 15 is 0 Å². The monoisotopic (exact) mass is 376 g/mol. The van der Waals surface area contributed by atoms with Gasteiger partial charge in [-0.2, -0.15) is 0 Å². The van der Waals surface area contributed by atoms with Crippen LogP contribution in [-0.4, -0.2) is 26.0 Å². The van der Waals surface area contributed by atoms with Gasteiger partial charge in [0.25, 0.3) is 11.8 Å². The maximum absolute atomic E-state index is 14.0. The lowest BCUT2D eigenvalue weighted by Gasteiger charge is -2.16. The number of ether oxygens (including phenoxy) is 2. The van der Waals surface area contributed by atoms with Gasteiger partial charge in [0.15, 0.2) is 0 Å². The summed E-state index contributed by atoms with van der Waals surface area (Å²) in [5.74, 6) is -1.35. The number of para-hydroxylation sites is 1. The maximum Gasteiger partial charge on any atom is 0.283 e. The molecule has 0 saturated carbocycles. The first-order valence-corrected chi connectivity index (χ1v) is 7.88. The number of nitrogens with zero attached hydrogens (tertiary/aromatic N) is 1. The molecule has 2 amide bonds. The average Bonchev–Trinajstić information content (AvgIpc) is 2.86. The normalized spacial score (nSPS) is 14.1. The number of imide groups is 1. The van der Waals surface area contributed by atoms with E-state index in [1.807, 2.05) is 0 Å². The molecular formula is C18H14ClFN2O4. The molecule has 0 aromatic heterocycles. The van der Waals surface area contributed by atoms with Gasteiger partial charge >= 0.3 is 0 Å². The van der Waals surface area contributed by atoms with Crippen molar-refractivity contribution in [2.75, 3.05) is 24.4 Å². The largest absolute Gasteiger partial charge is 0.497 e. The zero-order valence-corrected chi connectivity index (χ0v) is 14.6. The van der Waals surface area contributed by atoms with Crippen molar-refractivity contribution >= 4 is 34.8 Å². The number of halogens is 2. The number of nitrogens with one attached hydrogen (secondary N) is 1. The van der Waals surface area contributed by atoms with Crippen LogP contribution in [0.5, 0.6) is 11.5 Å². The van der Waals surface area contributed by atoms with Gasteiger partial charge < -0.3 is 14.8 Å². The van der Waals surface area contributed by atoms with Gasteiger partial charge in [0, 0.05) is 6.07 Å². The average molecular weight is 377 g/mol. The number of amides is 2. The van der Waals surface area contributed by atoms with Crippen LogP contribution in [0, 0.1) is 5.82 Å². The summed E-state index contributed by atoms with van der Waals surface area (Å²) in [5.41, 5.74) is 0.0699. The quantitative estimate of drug-likeness (QED) is 0.811. The molecule has 134 valence electrons. The summed E-state index contributed by atoms with van der Waals surface area (Å²) in [6, 6.07) is 10.3. The lowest BCUT2D eigenvalue weighted by atomic mass is 10.2. The van der Waals surface area contributed by atoms with Gasteiger partial charge in [-0.15, -0.1) is 0 Å². The molecule has 0 spiro atoms. The van der Waals surface area contributed by atoms with Crippen molar-refractivity contribution in [3.05, 3.63) is 59.0 Å². The van der Waals surface area contributed by atoms with Gasteiger partial charge in [-0.1, -0.05) is 23.7 Å². The number of hydrogen-bond acceptors (Lipinski definition) is 5. The van der Waals surface area contributed by atoms with Gasteiger partial charge in [0.05, 0.1) is 25.6 Å². The molecule has 0 unspecified atom stereocenters. The minimum absolute atomic E-state index is 0.164. The van der Waals surface area contributed by atoms with E-state index < -0.39 is 17.6 Å². The zero-order chi connectivity index (χ0) is 18.8. The minimum Gasteiger partial charge on any atom is -0.497 e. The van der Waals surface area contributed by atoms with Crippen LogP contribution in [0.4, 0.5) is 15.8 Å². The topological polar surface area (TPSA) is 67.9 Å². The van der Waals surface area contributed by atoms with E-state index in [0.29, 0.717) is 22.1 Å². The molecule has 0 bridgehead atoms. The minimum atomic E-state index is -0.809. The first kappa shape index (κ1) is 17.8. The number of benzene rings is 2. The van der Waals surface area contributed by atoms with E-state index in [9.17, 15) is 14.0 Å². The summed E-state index contributed by atoms with van der Waals surface area (Å²) < 4.78 is 24.4. The van der Waals surface area contributed by atoms with E-state index in [0.717, 1.165) is 6.07 Å². The van der Waals surface area contributed by atoms with Gasteiger partial charge in [-0.3, -0.25) is 9.59 Å². The molecule has 2 aromatic rings. The molecule has 1 aliphatic heterocycles. The second-order valence-electron chi connectivity index (χ2n) is 5.28. The maximum atomic E-state index is 14.0. The van der Waals surface area contributed by atoms with Gasteiger partial charge in [0.1, 0.15) is 28.0 Å². The van der Waals surface area contributed by atoms with E-state index in [2.05, 4.69) is 5.32 Å². The molecule has 0 saturated heterocycles. The molecule has 26 heavy (non-hydrogen) atoms. The summed E-state index contributed by atoms with van der Waals surface area (Å²) in [5, 5.41) is 2.46. The molecule has 1 aliphatic rings. The number of carbonyl (C=O) groups is 2. The lowest BCUT2D eigenvalue weighted by Crippen LogP contribution is -2.33. The second kappa shape index (κ2) is 7.05. The molecule has 6 nitrogen and oxygen atoms in total. The molecule has 0 atom stereocenters. The Bertz CT molecular complexity index is 929. The molecule has 0 aliphatic carbocycles. The molecule has 2 aromatic carbocycles. The van der Waals surface area contributed by atoms with Crippen molar-refractivity contribution < 1.29 is 23.5 Å².